The maximum absolute atomic E-state index is 11.8. The fraction of sp³-hybridized carbons (Fsp3) is 0.867. The second-order valence-electron chi connectivity index (χ2n) is 6.30. The van der Waals surface area contributed by atoms with Gasteiger partial charge in [-0.15, -0.1) is 0 Å². The van der Waals surface area contributed by atoms with Crippen molar-refractivity contribution in [2.45, 2.75) is 46.5 Å². The van der Waals surface area contributed by atoms with Gasteiger partial charge in [0, 0.05) is 13.1 Å². The van der Waals surface area contributed by atoms with Gasteiger partial charge in [-0.3, -0.25) is 14.5 Å². The van der Waals surface area contributed by atoms with Crippen LogP contribution in [0.3, 0.4) is 0 Å². The molecule has 0 saturated carbocycles. The van der Waals surface area contributed by atoms with Crippen LogP contribution in [0.4, 0.5) is 0 Å². The van der Waals surface area contributed by atoms with Gasteiger partial charge in [-0.2, -0.15) is 0 Å². The van der Waals surface area contributed by atoms with Gasteiger partial charge in [0.05, 0.1) is 12.0 Å². The van der Waals surface area contributed by atoms with Crippen molar-refractivity contribution in [3.63, 3.8) is 0 Å². The lowest BCUT2D eigenvalue weighted by atomic mass is 9.74. The molecule has 0 spiro atoms. The molecule has 1 saturated heterocycles. The summed E-state index contributed by atoms with van der Waals surface area (Å²) in [6.07, 6.45) is 3.95. The number of unbranched alkanes of at least 4 members (excludes halogenated alkanes) is 1. The van der Waals surface area contributed by atoms with Gasteiger partial charge in [-0.05, 0) is 45.6 Å². The molecule has 0 aliphatic carbocycles. The van der Waals surface area contributed by atoms with E-state index in [4.69, 9.17) is 0 Å². The van der Waals surface area contributed by atoms with Gasteiger partial charge >= 0.3 is 5.97 Å². The van der Waals surface area contributed by atoms with Gasteiger partial charge in [-0.1, -0.05) is 13.3 Å². The number of carbonyl (C=O) groups is 2. The summed E-state index contributed by atoms with van der Waals surface area (Å²) < 4.78 is 0. The Labute approximate surface area is 121 Å². The van der Waals surface area contributed by atoms with Crippen LogP contribution in [-0.2, 0) is 9.59 Å². The third-order valence-corrected chi connectivity index (χ3v) is 4.30. The van der Waals surface area contributed by atoms with Crippen molar-refractivity contribution >= 4 is 11.9 Å². The molecule has 0 aromatic heterocycles. The van der Waals surface area contributed by atoms with E-state index in [9.17, 15) is 14.7 Å². The van der Waals surface area contributed by atoms with E-state index in [1.165, 1.54) is 0 Å². The Morgan fingerprint density at radius 1 is 1.40 bits per heavy atom. The van der Waals surface area contributed by atoms with E-state index in [0.717, 1.165) is 38.8 Å². The molecule has 116 valence electrons. The number of rotatable bonds is 7. The summed E-state index contributed by atoms with van der Waals surface area (Å²) in [4.78, 5) is 25.2. The summed E-state index contributed by atoms with van der Waals surface area (Å²) in [5.41, 5.74) is -0.725. The molecule has 1 unspecified atom stereocenters. The van der Waals surface area contributed by atoms with Crippen LogP contribution in [0.2, 0.25) is 0 Å². The average Bonchev–Trinajstić information content (AvgIpc) is 2.39. The van der Waals surface area contributed by atoms with Crippen LogP contribution in [0.15, 0.2) is 0 Å². The Bertz CT molecular complexity index is 342. The van der Waals surface area contributed by atoms with E-state index in [2.05, 4.69) is 17.1 Å². The Balaban J connectivity index is 2.45. The summed E-state index contributed by atoms with van der Waals surface area (Å²) in [7, 11) is 0. The minimum absolute atomic E-state index is 0.0484. The molecule has 1 heterocycles. The van der Waals surface area contributed by atoms with Crippen LogP contribution in [0, 0.1) is 11.3 Å². The van der Waals surface area contributed by atoms with Crippen LogP contribution in [0.25, 0.3) is 0 Å². The molecule has 1 amide bonds. The van der Waals surface area contributed by atoms with Crippen molar-refractivity contribution in [1.29, 1.82) is 0 Å². The molecule has 20 heavy (non-hydrogen) atoms. The number of nitrogens with zero attached hydrogens (tertiary/aromatic N) is 1. The second kappa shape index (κ2) is 7.62. The average molecular weight is 284 g/mol. The standard InChI is InChI=1S/C15H28N2O3/c1-4-5-8-16-13(18)11-17-9-6-7-12(10-17)15(2,3)14(19)20/h12H,4-11H2,1-3H3,(H,16,18)(H,19,20). The van der Waals surface area contributed by atoms with Crippen LogP contribution in [-0.4, -0.2) is 48.1 Å². The molecule has 0 bridgehead atoms. The van der Waals surface area contributed by atoms with Crippen LogP contribution < -0.4 is 5.32 Å². The predicted octanol–water partition coefficient (Wildman–Crippen LogP) is 1.73. The number of carboxylic acid groups (broad SMARTS) is 1. The van der Waals surface area contributed by atoms with Crippen molar-refractivity contribution in [3.8, 4) is 0 Å². The lowest BCUT2D eigenvalue weighted by Gasteiger charge is -2.38. The maximum atomic E-state index is 11.8. The lowest BCUT2D eigenvalue weighted by Crippen LogP contribution is -2.47. The number of piperidine rings is 1. The molecule has 0 aromatic rings. The highest BCUT2D eigenvalue weighted by Crippen LogP contribution is 2.34. The van der Waals surface area contributed by atoms with Crippen molar-refractivity contribution in [2.75, 3.05) is 26.2 Å². The SMILES string of the molecule is CCCCNC(=O)CN1CCCC(C(C)(C)C(=O)O)C1. The van der Waals surface area contributed by atoms with Gasteiger partial charge in [0.15, 0.2) is 0 Å². The topological polar surface area (TPSA) is 69.6 Å². The first-order valence-electron chi connectivity index (χ1n) is 7.60. The van der Waals surface area contributed by atoms with Crippen molar-refractivity contribution in [1.82, 2.24) is 10.2 Å². The molecule has 2 N–H and O–H groups in total. The zero-order valence-corrected chi connectivity index (χ0v) is 12.9. The Morgan fingerprint density at radius 2 is 2.10 bits per heavy atom. The normalized spacial score (nSPS) is 20.6. The fourth-order valence-electron chi connectivity index (χ4n) is 2.63. The van der Waals surface area contributed by atoms with E-state index in [-0.39, 0.29) is 11.8 Å². The molecule has 0 aromatic carbocycles. The van der Waals surface area contributed by atoms with E-state index in [0.29, 0.717) is 13.1 Å². The second-order valence-corrected chi connectivity index (χ2v) is 6.30. The number of likely N-dealkylation sites (tertiary alicyclic amines) is 1. The van der Waals surface area contributed by atoms with E-state index in [1.54, 1.807) is 13.8 Å². The van der Waals surface area contributed by atoms with Crippen molar-refractivity contribution < 1.29 is 14.7 Å². The summed E-state index contributed by atoms with van der Waals surface area (Å²) >= 11 is 0. The highest BCUT2D eigenvalue weighted by molar-refractivity contribution is 5.78. The number of carboxylic acids is 1. The highest BCUT2D eigenvalue weighted by Gasteiger charge is 2.39. The quantitative estimate of drug-likeness (QED) is 0.699. The molecular formula is C15H28N2O3. The molecule has 1 aliphatic rings. The highest BCUT2D eigenvalue weighted by atomic mass is 16.4. The zero-order valence-electron chi connectivity index (χ0n) is 12.9. The number of hydrogen-bond acceptors (Lipinski definition) is 3. The van der Waals surface area contributed by atoms with Crippen LogP contribution in [0.5, 0.6) is 0 Å². The smallest absolute Gasteiger partial charge is 0.309 e. The Kier molecular flexibility index (Phi) is 6.46. The number of amides is 1. The Hall–Kier alpha value is -1.10. The number of hydrogen-bond donors (Lipinski definition) is 2. The first-order valence-corrected chi connectivity index (χ1v) is 7.60. The predicted molar refractivity (Wildman–Crippen MR) is 78.5 cm³/mol. The van der Waals surface area contributed by atoms with E-state index >= 15 is 0 Å². The summed E-state index contributed by atoms with van der Waals surface area (Å²) in [5, 5.41) is 12.2. The maximum Gasteiger partial charge on any atom is 0.309 e. The van der Waals surface area contributed by atoms with Crippen LogP contribution in [0.1, 0.15) is 46.5 Å². The number of carbonyl (C=O) groups excluding carboxylic acids is 1. The summed E-state index contributed by atoms with van der Waals surface area (Å²) in [5.74, 6) is -0.596. The number of nitrogens with one attached hydrogen (secondary N) is 1. The van der Waals surface area contributed by atoms with Crippen LogP contribution >= 0.6 is 0 Å². The minimum Gasteiger partial charge on any atom is -0.481 e. The largest absolute Gasteiger partial charge is 0.481 e. The van der Waals surface area contributed by atoms with Gasteiger partial charge in [0.2, 0.25) is 5.91 Å². The fourth-order valence-corrected chi connectivity index (χ4v) is 2.63. The zero-order chi connectivity index (χ0) is 15.2. The minimum atomic E-state index is -0.753. The molecular weight excluding hydrogens is 256 g/mol. The summed E-state index contributed by atoms with van der Waals surface area (Å²) in [6.45, 7) is 8.35. The van der Waals surface area contributed by atoms with Gasteiger partial charge in [0.25, 0.3) is 0 Å². The van der Waals surface area contributed by atoms with Gasteiger partial charge < -0.3 is 10.4 Å². The van der Waals surface area contributed by atoms with Gasteiger partial charge in [0.1, 0.15) is 0 Å². The third kappa shape index (κ3) is 4.78. The molecule has 5 nitrogen and oxygen atoms in total. The van der Waals surface area contributed by atoms with E-state index < -0.39 is 11.4 Å². The monoisotopic (exact) mass is 284 g/mol. The molecule has 1 rings (SSSR count). The van der Waals surface area contributed by atoms with Gasteiger partial charge in [-0.25, -0.2) is 0 Å². The first kappa shape index (κ1) is 17.0. The van der Waals surface area contributed by atoms with E-state index in [1.807, 2.05) is 0 Å². The first-order chi connectivity index (χ1) is 9.37. The molecule has 1 aliphatic heterocycles. The molecule has 5 heteroatoms. The summed E-state index contributed by atoms with van der Waals surface area (Å²) in [6, 6.07) is 0. The Morgan fingerprint density at radius 3 is 2.70 bits per heavy atom. The third-order valence-electron chi connectivity index (χ3n) is 4.30. The van der Waals surface area contributed by atoms with Crippen molar-refractivity contribution in [2.24, 2.45) is 11.3 Å². The van der Waals surface area contributed by atoms with Crippen molar-refractivity contribution in [3.05, 3.63) is 0 Å². The molecule has 1 fully saturated rings. The molecule has 0 radical (unpaired) electrons. The molecule has 1 atom stereocenters. The lowest BCUT2D eigenvalue weighted by molar-refractivity contribution is -0.151. The number of aliphatic carboxylic acids is 1.